The summed E-state index contributed by atoms with van der Waals surface area (Å²) >= 11 is 5.46. The summed E-state index contributed by atoms with van der Waals surface area (Å²) in [6.45, 7) is 0.0833. The lowest BCUT2D eigenvalue weighted by Gasteiger charge is -2.09. The highest BCUT2D eigenvalue weighted by Gasteiger charge is 2.09. The molecular formula is C15H9ClFNO2. The predicted octanol–water partition coefficient (Wildman–Crippen LogP) is 3.66. The summed E-state index contributed by atoms with van der Waals surface area (Å²) in [6.07, 6.45) is 0. The molecule has 2 aromatic rings. The molecule has 0 unspecified atom stereocenters. The molecule has 5 heteroatoms. The van der Waals surface area contributed by atoms with Crippen molar-refractivity contribution in [2.24, 2.45) is 0 Å². The van der Waals surface area contributed by atoms with Crippen LogP contribution in [-0.4, -0.2) is 5.24 Å². The quantitative estimate of drug-likeness (QED) is 0.807. The smallest absolute Gasteiger partial charge is 0.252 e. The van der Waals surface area contributed by atoms with Gasteiger partial charge < -0.3 is 4.74 Å². The Hall–Kier alpha value is -2.38. The first-order valence-corrected chi connectivity index (χ1v) is 6.10. The molecule has 20 heavy (non-hydrogen) atoms. The van der Waals surface area contributed by atoms with Crippen molar-refractivity contribution in [3.05, 3.63) is 65.0 Å². The van der Waals surface area contributed by atoms with E-state index in [1.807, 2.05) is 0 Å². The fraction of sp³-hybridized carbons (Fsp3) is 0.0667. The van der Waals surface area contributed by atoms with Crippen LogP contribution in [0.2, 0.25) is 0 Å². The average molecular weight is 290 g/mol. The Morgan fingerprint density at radius 3 is 2.70 bits per heavy atom. The van der Waals surface area contributed by atoms with Crippen LogP contribution < -0.4 is 4.74 Å². The molecule has 0 saturated heterocycles. The summed E-state index contributed by atoms with van der Waals surface area (Å²) < 4.78 is 18.8. The van der Waals surface area contributed by atoms with Crippen molar-refractivity contribution in [1.82, 2.24) is 0 Å². The van der Waals surface area contributed by atoms with Crippen LogP contribution in [0.5, 0.6) is 5.75 Å². The third-order valence-electron chi connectivity index (χ3n) is 2.68. The maximum atomic E-state index is 13.4. The van der Waals surface area contributed by atoms with Crippen LogP contribution in [0.25, 0.3) is 0 Å². The normalized spacial score (nSPS) is 9.85. The number of ether oxygens (including phenoxy) is 1. The standard InChI is InChI=1S/C15H9ClFNO2/c16-15(19)13-4-2-1-3-11(13)9-20-12-6-5-10(8-18)14(17)7-12/h1-7H,9H2. The minimum Gasteiger partial charge on any atom is -0.489 e. The molecule has 0 aliphatic heterocycles. The lowest BCUT2D eigenvalue weighted by atomic mass is 10.1. The Kier molecular flexibility index (Phi) is 4.34. The number of halogens is 2. The highest BCUT2D eigenvalue weighted by molar-refractivity contribution is 6.67. The average Bonchev–Trinajstić information content (AvgIpc) is 2.45. The molecule has 0 spiro atoms. The molecule has 0 fully saturated rings. The minimum atomic E-state index is -0.647. The Morgan fingerprint density at radius 2 is 2.05 bits per heavy atom. The van der Waals surface area contributed by atoms with Gasteiger partial charge in [-0.05, 0) is 29.8 Å². The third-order valence-corrected chi connectivity index (χ3v) is 2.89. The van der Waals surface area contributed by atoms with E-state index in [4.69, 9.17) is 21.6 Å². The predicted molar refractivity (Wildman–Crippen MR) is 72.1 cm³/mol. The van der Waals surface area contributed by atoms with E-state index in [-0.39, 0.29) is 17.9 Å². The molecule has 0 aliphatic carbocycles. The van der Waals surface area contributed by atoms with Gasteiger partial charge in [0.1, 0.15) is 24.2 Å². The van der Waals surface area contributed by atoms with Gasteiger partial charge in [-0.2, -0.15) is 5.26 Å². The van der Waals surface area contributed by atoms with E-state index in [1.165, 1.54) is 12.1 Å². The number of carbonyl (C=O) groups excluding carboxylic acids is 1. The SMILES string of the molecule is N#Cc1ccc(OCc2ccccc2C(=O)Cl)cc1F. The van der Waals surface area contributed by atoms with E-state index >= 15 is 0 Å². The zero-order chi connectivity index (χ0) is 14.5. The molecule has 0 bridgehead atoms. The number of hydrogen-bond donors (Lipinski definition) is 0. The first-order chi connectivity index (χ1) is 9.61. The van der Waals surface area contributed by atoms with Gasteiger partial charge in [0.2, 0.25) is 0 Å². The van der Waals surface area contributed by atoms with Gasteiger partial charge in [-0.1, -0.05) is 18.2 Å². The van der Waals surface area contributed by atoms with Crippen molar-refractivity contribution in [1.29, 1.82) is 5.26 Å². The topological polar surface area (TPSA) is 50.1 Å². The van der Waals surface area contributed by atoms with Gasteiger partial charge in [-0.25, -0.2) is 4.39 Å². The molecule has 100 valence electrons. The van der Waals surface area contributed by atoms with Gasteiger partial charge in [-0.3, -0.25) is 4.79 Å². The monoisotopic (exact) mass is 289 g/mol. The number of carbonyl (C=O) groups is 1. The first kappa shape index (κ1) is 14.0. The second kappa shape index (κ2) is 6.18. The van der Waals surface area contributed by atoms with Gasteiger partial charge >= 0.3 is 0 Å². The lowest BCUT2D eigenvalue weighted by molar-refractivity contribution is 0.107. The van der Waals surface area contributed by atoms with E-state index in [0.29, 0.717) is 11.1 Å². The van der Waals surface area contributed by atoms with Crippen LogP contribution in [0, 0.1) is 17.1 Å². The van der Waals surface area contributed by atoms with Crippen molar-refractivity contribution in [2.45, 2.75) is 6.61 Å². The number of nitriles is 1. The summed E-state index contributed by atoms with van der Waals surface area (Å²) in [6, 6.07) is 12.4. The molecule has 2 rings (SSSR count). The number of nitrogens with zero attached hydrogens (tertiary/aromatic N) is 1. The van der Waals surface area contributed by atoms with Gasteiger partial charge in [0.25, 0.3) is 5.24 Å². The summed E-state index contributed by atoms with van der Waals surface area (Å²) in [5.74, 6) is -0.370. The Bertz CT molecular complexity index is 695. The lowest BCUT2D eigenvalue weighted by Crippen LogP contribution is -2.02. The summed E-state index contributed by atoms with van der Waals surface area (Å²) in [5, 5.41) is 8.06. The number of benzene rings is 2. The molecular weight excluding hydrogens is 281 g/mol. The van der Waals surface area contributed by atoms with Crippen LogP contribution in [0.3, 0.4) is 0 Å². The van der Waals surface area contributed by atoms with Crippen molar-refractivity contribution in [2.75, 3.05) is 0 Å². The van der Waals surface area contributed by atoms with Gasteiger partial charge in [0.15, 0.2) is 0 Å². The van der Waals surface area contributed by atoms with E-state index in [0.717, 1.165) is 6.07 Å². The third kappa shape index (κ3) is 3.14. The van der Waals surface area contributed by atoms with Crippen molar-refractivity contribution >= 4 is 16.8 Å². The van der Waals surface area contributed by atoms with Crippen LogP contribution in [0.1, 0.15) is 21.5 Å². The van der Waals surface area contributed by atoms with Crippen LogP contribution in [0.4, 0.5) is 4.39 Å². The summed E-state index contributed by atoms with van der Waals surface area (Å²) in [5.41, 5.74) is 0.911. The van der Waals surface area contributed by atoms with E-state index < -0.39 is 11.1 Å². The zero-order valence-electron chi connectivity index (χ0n) is 10.3. The van der Waals surface area contributed by atoms with Gasteiger partial charge in [0.05, 0.1) is 5.56 Å². The Morgan fingerprint density at radius 1 is 1.30 bits per heavy atom. The van der Waals surface area contributed by atoms with Crippen LogP contribution >= 0.6 is 11.6 Å². The van der Waals surface area contributed by atoms with Crippen molar-refractivity contribution < 1.29 is 13.9 Å². The Labute approximate surface area is 120 Å². The first-order valence-electron chi connectivity index (χ1n) is 5.72. The minimum absolute atomic E-state index is 0.0475. The summed E-state index contributed by atoms with van der Waals surface area (Å²) in [4.78, 5) is 11.2. The molecule has 0 amide bonds. The molecule has 2 aromatic carbocycles. The largest absolute Gasteiger partial charge is 0.489 e. The van der Waals surface area contributed by atoms with E-state index in [2.05, 4.69) is 0 Å². The highest BCUT2D eigenvalue weighted by Crippen LogP contribution is 2.19. The molecule has 0 heterocycles. The molecule has 0 aromatic heterocycles. The molecule has 0 atom stereocenters. The zero-order valence-corrected chi connectivity index (χ0v) is 11.0. The summed E-state index contributed by atoms with van der Waals surface area (Å²) in [7, 11) is 0. The maximum absolute atomic E-state index is 13.4. The second-order valence-electron chi connectivity index (χ2n) is 3.97. The highest BCUT2D eigenvalue weighted by atomic mass is 35.5. The van der Waals surface area contributed by atoms with Gasteiger partial charge in [-0.15, -0.1) is 0 Å². The molecule has 0 aliphatic rings. The van der Waals surface area contributed by atoms with Gasteiger partial charge in [0, 0.05) is 17.2 Å². The Balaban J connectivity index is 2.15. The number of hydrogen-bond acceptors (Lipinski definition) is 3. The van der Waals surface area contributed by atoms with Crippen molar-refractivity contribution in [3.8, 4) is 11.8 Å². The molecule has 0 radical (unpaired) electrons. The van der Waals surface area contributed by atoms with Crippen LogP contribution in [-0.2, 0) is 6.61 Å². The molecule has 0 N–H and O–H groups in total. The molecule has 0 saturated carbocycles. The number of rotatable bonds is 4. The second-order valence-corrected chi connectivity index (χ2v) is 4.32. The molecule has 3 nitrogen and oxygen atoms in total. The fourth-order valence-corrected chi connectivity index (χ4v) is 1.86. The van der Waals surface area contributed by atoms with E-state index in [1.54, 1.807) is 30.3 Å². The van der Waals surface area contributed by atoms with Crippen molar-refractivity contribution in [3.63, 3.8) is 0 Å². The maximum Gasteiger partial charge on any atom is 0.252 e. The van der Waals surface area contributed by atoms with E-state index in [9.17, 15) is 9.18 Å². The fourth-order valence-electron chi connectivity index (χ4n) is 1.68. The van der Waals surface area contributed by atoms with Crippen LogP contribution in [0.15, 0.2) is 42.5 Å².